The molecule has 0 atom stereocenters. The zero-order valence-corrected chi connectivity index (χ0v) is 24.8. The standard InChI is InChI=1S/C28H19Br2IN2O4/c1-35-24-11-19(14-32-33-28(34)26-10-18-9-20(29)12-23(31)27(18)37-26)22(30)13-25(24)36-15-17-7-4-6-16-5-2-3-8-21(16)17/h2-14H,15H2,1H3,(H,33,34)/b32-14-. The molecular formula is C28H19Br2IN2O4. The van der Waals surface area contributed by atoms with Gasteiger partial charge in [-0.2, -0.15) is 5.10 Å². The number of amides is 1. The maximum Gasteiger partial charge on any atom is 0.307 e. The third-order valence-electron chi connectivity index (χ3n) is 5.68. The second kappa shape index (κ2) is 11.2. The second-order valence-corrected chi connectivity index (χ2v) is 11.0. The van der Waals surface area contributed by atoms with Gasteiger partial charge < -0.3 is 13.9 Å². The summed E-state index contributed by atoms with van der Waals surface area (Å²) in [6, 6.07) is 23.5. The number of carbonyl (C=O) groups is 1. The lowest BCUT2D eigenvalue weighted by atomic mass is 10.1. The van der Waals surface area contributed by atoms with E-state index in [4.69, 9.17) is 13.9 Å². The first-order valence-corrected chi connectivity index (χ1v) is 13.8. The van der Waals surface area contributed by atoms with Gasteiger partial charge in [-0.1, -0.05) is 58.4 Å². The van der Waals surface area contributed by atoms with E-state index in [0.717, 1.165) is 34.2 Å². The van der Waals surface area contributed by atoms with Crippen LogP contribution in [0.3, 0.4) is 0 Å². The van der Waals surface area contributed by atoms with Crippen molar-refractivity contribution in [3.05, 3.63) is 102 Å². The minimum absolute atomic E-state index is 0.178. The number of nitrogens with zero attached hydrogens (tertiary/aromatic N) is 1. The fourth-order valence-corrected chi connectivity index (χ4v) is 5.98. The molecule has 1 aromatic heterocycles. The van der Waals surface area contributed by atoms with Crippen LogP contribution in [0.4, 0.5) is 0 Å². The zero-order valence-electron chi connectivity index (χ0n) is 19.4. The van der Waals surface area contributed by atoms with Gasteiger partial charge in [0.05, 0.1) is 16.9 Å². The highest BCUT2D eigenvalue weighted by molar-refractivity contribution is 14.1. The van der Waals surface area contributed by atoms with Crippen LogP contribution in [0.15, 0.2) is 91.3 Å². The van der Waals surface area contributed by atoms with Gasteiger partial charge in [0, 0.05) is 19.9 Å². The second-order valence-electron chi connectivity index (χ2n) is 8.07. The topological polar surface area (TPSA) is 73.1 Å². The summed E-state index contributed by atoms with van der Waals surface area (Å²) in [5, 5.41) is 7.24. The van der Waals surface area contributed by atoms with Gasteiger partial charge in [-0.3, -0.25) is 4.79 Å². The van der Waals surface area contributed by atoms with E-state index in [1.165, 1.54) is 6.21 Å². The van der Waals surface area contributed by atoms with Crippen molar-refractivity contribution in [3.8, 4) is 11.5 Å². The van der Waals surface area contributed by atoms with Crippen LogP contribution in [0.2, 0.25) is 0 Å². The van der Waals surface area contributed by atoms with Crippen LogP contribution in [-0.4, -0.2) is 19.2 Å². The molecule has 4 aromatic carbocycles. The summed E-state index contributed by atoms with van der Waals surface area (Å²) in [6.45, 7) is 0.390. The molecule has 5 aromatic rings. The average Bonchev–Trinajstić information content (AvgIpc) is 3.33. The third kappa shape index (κ3) is 5.68. The van der Waals surface area contributed by atoms with E-state index in [0.29, 0.717) is 29.3 Å². The molecule has 0 unspecified atom stereocenters. The molecule has 0 spiro atoms. The summed E-state index contributed by atoms with van der Waals surface area (Å²) in [7, 11) is 1.58. The van der Waals surface area contributed by atoms with Crippen molar-refractivity contribution in [2.75, 3.05) is 7.11 Å². The first kappa shape index (κ1) is 25.7. The number of rotatable bonds is 7. The molecule has 1 heterocycles. The van der Waals surface area contributed by atoms with Crippen LogP contribution < -0.4 is 14.9 Å². The van der Waals surface area contributed by atoms with Crippen LogP contribution >= 0.6 is 54.5 Å². The average molecular weight is 734 g/mol. The minimum atomic E-state index is -0.447. The summed E-state index contributed by atoms with van der Waals surface area (Å²) in [5.41, 5.74) is 4.96. The highest BCUT2D eigenvalue weighted by Crippen LogP contribution is 2.34. The van der Waals surface area contributed by atoms with Gasteiger partial charge in [0.15, 0.2) is 17.3 Å². The molecule has 37 heavy (non-hydrogen) atoms. The number of benzene rings is 4. The molecule has 6 nitrogen and oxygen atoms in total. The van der Waals surface area contributed by atoms with Crippen LogP contribution in [-0.2, 0) is 6.61 Å². The largest absolute Gasteiger partial charge is 0.493 e. The number of methoxy groups -OCH3 is 1. The molecule has 0 aliphatic heterocycles. The maximum absolute atomic E-state index is 12.6. The first-order chi connectivity index (χ1) is 17.9. The predicted octanol–water partition coefficient (Wildman–Crippen LogP) is 8.07. The van der Waals surface area contributed by atoms with Crippen LogP contribution in [0.25, 0.3) is 21.7 Å². The molecule has 9 heteroatoms. The van der Waals surface area contributed by atoms with E-state index in [1.54, 1.807) is 19.2 Å². The van der Waals surface area contributed by atoms with E-state index in [-0.39, 0.29) is 5.76 Å². The number of furan rings is 1. The van der Waals surface area contributed by atoms with Gasteiger partial charge in [-0.05, 0) is 85.2 Å². The van der Waals surface area contributed by atoms with Gasteiger partial charge in [0.1, 0.15) is 12.2 Å². The van der Waals surface area contributed by atoms with Gasteiger partial charge in [0.2, 0.25) is 0 Å². The molecule has 0 saturated heterocycles. The molecule has 0 aliphatic rings. The lowest BCUT2D eigenvalue weighted by molar-refractivity contribution is 0.0929. The Labute approximate surface area is 243 Å². The SMILES string of the molecule is COc1cc(/C=N\NC(=O)c2cc3cc(Br)cc(I)c3o2)c(Br)cc1OCc1cccc2ccccc12. The van der Waals surface area contributed by atoms with Gasteiger partial charge in [-0.15, -0.1) is 0 Å². The highest BCUT2D eigenvalue weighted by atomic mass is 127. The lowest BCUT2D eigenvalue weighted by Crippen LogP contribution is -2.16. The number of hydrogen-bond acceptors (Lipinski definition) is 5. The Morgan fingerprint density at radius 2 is 1.84 bits per heavy atom. The summed E-state index contributed by atoms with van der Waals surface area (Å²) >= 11 is 9.19. The van der Waals surface area contributed by atoms with Crippen LogP contribution in [0, 0.1) is 3.57 Å². The third-order valence-corrected chi connectivity index (χ3v) is 7.62. The number of fused-ring (bicyclic) bond motifs is 2. The maximum atomic E-state index is 12.6. The molecule has 1 amide bonds. The number of halogens is 3. The highest BCUT2D eigenvalue weighted by Gasteiger charge is 2.15. The monoisotopic (exact) mass is 732 g/mol. The summed E-state index contributed by atoms with van der Waals surface area (Å²) in [6.07, 6.45) is 1.53. The Balaban J connectivity index is 1.30. The normalized spacial score (nSPS) is 11.4. The Bertz CT molecular complexity index is 1660. The molecule has 0 aliphatic carbocycles. The first-order valence-electron chi connectivity index (χ1n) is 11.1. The Kier molecular flexibility index (Phi) is 7.82. The van der Waals surface area contributed by atoms with Crippen molar-refractivity contribution in [3.63, 3.8) is 0 Å². The molecule has 0 saturated carbocycles. The fraction of sp³-hybridized carbons (Fsp3) is 0.0714. The summed E-state index contributed by atoms with van der Waals surface area (Å²) < 4.78 is 20.0. The molecule has 186 valence electrons. The van der Waals surface area contributed by atoms with Crippen molar-refractivity contribution in [2.45, 2.75) is 6.61 Å². The van der Waals surface area contributed by atoms with Crippen molar-refractivity contribution in [1.29, 1.82) is 0 Å². The smallest absolute Gasteiger partial charge is 0.307 e. The van der Waals surface area contributed by atoms with Gasteiger partial charge in [-0.25, -0.2) is 5.43 Å². The van der Waals surface area contributed by atoms with E-state index in [2.05, 4.69) is 89.2 Å². The van der Waals surface area contributed by atoms with E-state index in [1.807, 2.05) is 36.4 Å². The quantitative estimate of drug-likeness (QED) is 0.104. The van der Waals surface area contributed by atoms with Crippen LogP contribution in [0.1, 0.15) is 21.7 Å². The van der Waals surface area contributed by atoms with Crippen molar-refractivity contribution in [1.82, 2.24) is 5.43 Å². The number of carbonyl (C=O) groups excluding carboxylic acids is 1. The summed E-state index contributed by atoms with van der Waals surface area (Å²) in [4.78, 5) is 12.6. The Morgan fingerprint density at radius 1 is 1.03 bits per heavy atom. The van der Waals surface area contributed by atoms with E-state index < -0.39 is 5.91 Å². The number of nitrogens with one attached hydrogen (secondary N) is 1. The van der Waals surface area contributed by atoms with Gasteiger partial charge >= 0.3 is 5.91 Å². The lowest BCUT2D eigenvalue weighted by Gasteiger charge is -2.14. The van der Waals surface area contributed by atoms with Crippen molar-refractivity contribution >= 4 is 88.3 Å². The zero-order chi connectivity index (χ0) is 25.9. The Hall–Kier alpha value is -2.89. The van der Waals surface area contributed by atoms with Crippen LogP contribution in [0.5, 0.6) is 11.5 Å². The minimum Gasteiger partial charge on any atom is -0.493 e. The molecule has 0 radical (unpaired) electrons. The number of hydrogen-bond donors (Lipinski definition) is 1. The Morgan fingerprint density at radius 3 is 2.68 bits per heavy atom. The molecule has 0 fully saturated rings. The molecular weight excluding hydrogens is 715 g/mol. The van der Waals surface area contributed by atoms with E-state index in [9.17, 15) is 4.79 Å². The van der Waals surface area contributed by atoms with Crippen molar-refractivity contribution < 1.29 is 18.7 Å². The number of ether oxygens (including phenoxy) is 2. The predicted molar refractivity (Wildman–Crippen MR) is 161 cm³/mol. The van der Waals surface area contributed by atoms with Crippen molar-refractivity contribution in [2.24, 2.45) is 5.10 Å². The van der Waals surface area contributed by atoms with E-state index >= 15 is 0 Å². The van der Waals surface area contributed by atoms with Gasteiger partial charge in [0.25, 0.3) is 0 Å². The fourth-order valence-electron chi connectivity index (χ4n) is 3.90. The number of hydrazone groups is 1. The molecule has 5 rings (SSSR count). The molecule has 1 N–H and O–H groups in total. The molecule has 0 bridgehead atoms. The summed E-state index contributed by atoms with van der Waals surface area (Å²) in [5.74, 6) is 0.870.